The summed E-state index contributed by atoms with van der Waals surface area (Å²) in [4.78, 5) is 2.44. The Morgan fingerprint density at radius 3 is 2.56 bits per heavy atom. The molecule has 0 bridgehead atoms. The highest BCUT2D eigenvalue weighted by Gasteiger charge is 2.18. The van der Waals surface area contributed by atoms with Gasteiger partial charge in [0.15, 0.2) is 0 Å². The molecular formula is C14H30N2. The van der Waals surface area contributed by atoms with Gasteiger partial charge >= 0.3 is 0 Å². The molecule has 1 N–H and O–H groups in total. The van der Waals surface area contributed by atoms with Crippen molar-refractivity contribution in [3.8, 4) is 0 Å². The number of rotatable bonds is 9. The predicted octanol–water partition coefficient (Wildman–Crippen LogP) is 2.89. The number of nitrogens with zero attached hydrogens (tertiary/aromatic N) is 1. The molecule has 1 aliphatic rings. The van der Waals surface area contributed by atoms with Crippen LogP contribution >= 0.6 is 0 Å². The first-order valence-corrected chi connectivity index (χ1v) is 7.22. The average Bonchev–Trinajstić information content (AvgIpc) is 2.68. The van der Waals surface area contributed by atoms with E-state index in [-0.39, 0.29) is 0 Å². The Hall–Kier alpha value is -0.0800. The van der Waals surface area contributed by atoms with Crippen molar-refractivity contribution in [3.05, 3.63) is 0 Å². The van der Waals surface area contributed by atoms with Gasteiger partial charge in [-0.05, 0) is 45.4 Å². The van der Waals surface area contributed by atoms with E-state index in [1.54, 1.807) is 0 Å². The van der Waals surface area contributed by atoms with Crippen LogP contribution in [0.2, 0.25) is 0 Å². The largest absolute Gasteiger partial charge is 0.316 e. The molecule has 2 heteroatoms. The molecule has 0 aromatic carbocycles. The fourth-order valence-electron chi connectivity index (χ4n) is 2.53. The summed E-state index contributed by atoms with van der Waals surface area (Å²) in [6.07, 6.45) is 9.81. The molecule has 1 atom stereocenters. The number of hydrogen-bond acceptors (Lipinski definition) is 2. The van der Waals surface area contributed by atoms with Crippen LogP contribution in [-0.2, 0) is 0 Å². The minimum absolute atomic E-state index is 0.907. The van der Waals surface area contributed by atoms with Gasteiger partial charge in [0, 0.05) is 6.54 Å². The Kier molecular flexibility index (Phi) is 7.87. The second-order valence-electron chi connectivity index (χ2n) is 5.39. The van der Waals surface area contributed by atoms with Crippen molar-refractivity contribution in [1.82, 2.24) is 10.2 Å². The zero-order chi connectivity index (χ0) is 11.6. The molecule has 1 rings (SSSR count). The highest BCUT2D eigenvalue weighted by atomic mass is 15.1. The molecule has 0 saturated carbocycles. The van der Waals surface area contributed by atoms with Crippen LogP contribution in [0.1, 0.15) is 51.9 Å². The summed E-state index contributed by atoms with van der Waals surface area (Å²) in [5.74, 6) is 0.907. The summed E-state index contributed by atoms with van der Waals surface area (Å²) in [7, 11) is 2.23. The summed E-state index contributed by atoms with van der Waals surface area (Å²) >= 11 is 0. The fraction of sp³-hybridized carbons (Fsp3) is 1.00. The first kappa shape index (κ1) is 14.0. The van der Waals surface area contributed by atoms with E-state index in [2.05, 4.69) is 24.2 Å². The minimum Gasteiger partial charge on any atom is -0.316 e. The van der Waals surface area contributed by atoms with Crippen molar-refractivity contribution >= 4 is 0 Å². The summed E-state index contributed by atoms with van der Waals surface area (Å²) < 4.78 is 0. The smallest absolute Gasteiger partial charge is 0.00192 e. The molecule has 1 fully saturated rings. The van der Waals surface area contributed by atoms with E-state index in [1.165, 1.54) is 71.1 Å². The number of hydrogen-bond donors (Lipinski definition) is 1. The highest BCUT2D eigenvalue weighted by molar-refractivity contribution is 4.74. The van der Waals surface area contributed by atoms with Gasteiger partial charge in [0.05, 0.1) is 0 Å². The zero-order valence-corrected chi connectivity index (χ0v) is 11.3. The van der Waals surface area contributed by atoms with Gasteiger partial charge in [-0.25, -0.2) is 0 Å². The molecule has 2 nitrogen and oxygen atoms in total. The Balaban J connectivity index is 1.78. The quantitative estimate of drug-likeness (QED) is 0.608. The van der Waals surface area contributed by atoms with Gasteiger partial charge in [0.1, 0.15) is 0 Å². The van der Waals surface area contributed by atoms with Gasteiger partial charge in [0.2, 0.25) is 0 Å². The Labute approximate surface area is 102 Å². The molecule has 96 valence electrons. The second-order valence-corrected chi connectivity index (χ2v) is 5.39. The molecular weight excluding hydrogens is 196 g/mol. The van der Waals surface area contributed by atoms with E-state index in [0.717, 1.165) is 5.92 Å². The highest BCUT2D eigenvalue weighted by Crippen LogP contribution is 2.12. The maximum absolute atomic E-state index is 3.61. The Bertz CT molecular complexity index is 159. The molecule has 0 aromatic heterocycles. The zero-order valence-electron chi connectivity index (χ0n) is 11.3. The van der Waals surface area contributed by atoms with Crippen LogP contribution in [0, 0.1) is 5.92 Å². The lowest BCUT2D eigenvalue weighted by Crippen LogP contribution is -2.25. The predicted molar refractivity (Wildman–Crippen MR) is 71.8 cm³/mol. The Morgan fingerprint density at radius 2 is 1.88 bits per heavy atom. The molecule has 1 aliphatic heterocycles. The van der Waals surface area contributed by atoms with Gasteiger partial charge < -0.3 is 10.2 Å². The molecule has 0 spiro atoms. The SMILES string of the molecule is CCCCCCCCNCC1CCN(C)C1. The standard InChI is InChI=1S/C14H30N2/c1-3-4-5-6-7-8-10-15-12-14-9-11-16(2)13-14/h14-15H,3-13H2,1-2H3. The van der Waals surface area contributed by atoms with Gasteiger partial charge in [-0.2, -0.15) is 0 Å². The van der Waals surface area contributed by atoms with Crippen molar-refractivity contribution in [2.24, 2.45) is 5.92 Å². The average molecular weight is 226 g/mol. The van der Waals surface area contributed by atoms with Crippen LogP contribution in [0.5, 0.6) is 0 Å². The van der Waals surface area contributed by atoms with E-state index in [9.17, 15) is 0 Å². The van der Waals surface area contributed by atoms with Crippen molar-refractivity contribution < 1.29 is 0 Å². The van der Waals surface area contributed by atoms with Crippen molar-refractivity contribution in [2.45, 2.75) is 51.9 Å². The number of likely N-dealkylation sites (tertiary alicyclic amines) is 1. The van der Waals surface area contributed by atoms with Crippen LogP contribution in [0.15, 0.2) is 0 Å². The van der Waals surface area contributed by atoms with E-state index in [0.29, 0.717) is 0 Å². The topological polar surface area (TPSA) is 15.3 Å². The van der Waals surface area contributed by atoms with Gasteiger partial charge in [-0.15, -0.1) is 0 Å². The summed E-state index contributed by atoms with van der Waals surface area (Å²) in [5.41, 5.74) is 0. The third kappa shape index (κ3) is 6.49. The van der Waals surface area contributed by atoms with Crippen LogP contribution < -0.4 is 5.32 Å². The normalized spacial score (nSPS) is 21.8. The molecule has 0 aliphatic carbocycles. The monoisotopic (exact) mass is 226 g/mol. The lowest BCUT2D eigenvalue weighted by atomic mass is 10.1. The first-order valence-electron chi connectivity index (χ1n) is 7.22. The summed E-state index contributed by atoms with van der Waals surface area (Å²) in [6.45, 7) is 7.33. The molecule has 0 radical (unpaired) electrons. The second kappa shape index (κ2) is 9.00. The van der Waals surface area contributed by atoms with E-state index >= 15 is 0 Å². The van der Waals surface area contributed by atoms with Crippen molar-refractivity contribution in [3.63, 3.8) is 0 Å². The van der Waals surface area contributed by atoms with Gasteiger partial charge in [0.25, 0.3) is 0 Å². The summed E-state index contributed by atoms with van der Waals surface area (Å²) in [5, 5.41) is 3.61. The van der Waals surface area contributed by atoms with Crippen LogP contribution in [-0.4, -0.2) is 38.1 Å². The molecule has 0 amide bonds. The van der Waals surface area contributed by atoms with Crippen LogP contribution in [0.25, 0.3) is 0 Å². The third-order valence-electron chi connectivity index (χ3n) is 3.63. The van der Waals surface area contributed by atoms with Crippen LogP contribution in [0.3, 0.4) is 0 Å². The van der Waals surface area contributed by atoms with Gasteiger partial charge in [-0.1, -0.05) is 39.0 Å². The molecule has 0 aromatic rings. The number of nitrogens with one attached hydrogen (secondary N) is 1. The van der Waals surface area contributed by atoms with Crippen molar-refractivity contribution in [2.75, 3.05) is 33.2 Å². The minimum atomic E-state index is 0.907. The first-order chi connectivity index (χ1) is 7.83. The van der Waals surface area contributed by atoms with Crippen molar-refractivity contribution in [1.29, 1.82) is 0 Å². The fourth-order valence-corrected chi connectivity index (χ4v) is 2.53. The summed E-state index contributed by atoms with van der Waals surface area (Å²) in [6, 6.07) is 0. The number of unbranched alkanes of at least 4 members (excludes halogenated alkanes) is 5. The van der Waals surface area contributed by atoms with E-state index in [4.69, 9.17) is 0 Å². The molecule has 1 unspecified atom stereocenters. The molecule has 1 heterocycles. The van der Waals surface area contributed by atoms with E-state index in [1.807, 2.05) is 0 Å². The maximum Gasteiger partial charge on any atom is 0.00192 e. The maximum atomic E-state index is 3.61. The molecule has 1 saturated heterocycles. The lowest BCUT2D eigenvalue weighted by Gasteiger charge is -2.11. The van der Waals surface area contributed by atoms with Gasteiger partial charge in [-0.3, -0.25) is 0 Å². The Morgan fingerprint density at radius 1 is 1.12 bits per heavy atom. The van der Waals surface area contributed by atoms with Crippen LogP contribution in [0.4, 0.5) is 0 Å². The third-order valence-corrected chi connectivity index (χ3v) is 3.63. The molecule has 16 heavy (non-hydrogen) atoms. The van der Waals surface area contributed by atoms with E-state index < -0.39 is 0 Å². The lowest BCUT2D eigenvalue weighted by molar-refractivity contribution is 0.387.